The maximum absolute atomic E-state index is 12.2. The molecular formula is C20H27N3O5. The first-order valence-corrected chi connectivity index (χ1v) is 9.48. The smallest absolute Gasteiger partial charge is 0.449 e. The lowest BCUT2D eigenvalue weighted by atomic mass is 9.97. The summed E-state index contributed by atoms with van der Waals surface area (Å²) in [5, 5.41) is 14.3. The van der Waals surface area contributed by atoms with Gasteiger partial charge in [-0.2, -0.15) is 5.10 Å². The summed E-state index contributed by atoms with van der Waals surface area (Å²) in [5.74, 6) is 0.744. The van der Waals surface area contributed by atoms with Crippen LogP contribution in [0.2, 0.25) is 0 Å². The van der Waals surface area contributed by atoms with Crippen LogP contribution in [0.4, 0.5) is 9.59 Å². The van der Waals surface area contributed by atoms with E-state index in [1.54, 1.807) is 17.0 Å². The van der Waals surface area contributed by atoms with Crippen molar-refractivity contribution in [1.82, 2.24) is 14.7 Å². The lowest BCUT2D eigenvalue weighted by Gasteiger charge is -2.33. The minimum absolute atomic E-state index is 0.252. The molecule has 1 aromatic carbocycles. The quantitative estimate of drug-likeness (QED) is 0.629. The first-order valence-electron chi connectivity index (χ1n) is 9.48. The first-order chi connectivity index (χ1) is 13.1. The van der Waals surface area contributed by atoms with Gasteiger partial charge in [0.25, 0.3) is 0 Å². The second-order valence-electron chi connectivity index (χ2n) is 8.25. The summed E-state index contributed by atoms with van der Waals surface area (Å²) < 4.78 is 12.1. The highest BCUT2D eigenvalue weighted by Gasteiger charge is 2.27. The van der Waals surface area contributed by atoms with Crippen molar-refractivity contribution in [1.29, 1.82) is 0 Å². The lowest BCUT2D eigenvalue weighted by Crippen LogP contribution is -2.42. The molecule has 0 atom stereocenters. The number of hydrogen-bond donors (Lipinski definition) is 1. The van der Waals surface area contributed by atoms with Crippen LogP contribution in [0.3, 0.4) is 0 Å². The SMILES string of the molecule is Cc1c(OC(=O)O)ccc2nn(CC3CCN(C(=O)OC(C)(C)C)CC3)cc12. The molecule has 0 aliphatic carbocycles. The number of aryl methyl sites for hydroxylation is 1. The molecule has 1 amide bonds. The first kappa shape index (κ1) is 20.0. The van der Waals surface area contributed by atoms with Crippen LogP contribution in [0, 0.1) is 12.8 Å². The van der Waals surface area contributed by atoms with E-state index in [1.165, 1.54) is 0 Å². The average molecular weight is 389 g/mol. The lowest BCUT2D eigenvalue weighted by molar-refractivity contribution is 0.0177. The number of ether oxygens (including phenoxy) is 2. The number of carbonyl (C=O) groups excluding carboxylic acids is 1. The van der Waals surface area contributed by atoms with Crippen molar-refractivity contribution in [3.8, 4) is 5.75 Å². The predicted molar refractivity (Wildman–Crippen MR) is 104 cm³/mol. The third-order valence-corrected chi connectivity index (χ3v) is 4.87. The maximum Gasteiger partial charge on any atom is 0.511 e. The highest BCUT2D eigenvalue weighted by atomic mass is 16.7. The normalized spacial score (nSPS) is 15.6. The highest BCUT2D eigenvalue weighted by molar-refractivity contribution is 5.84. The van der Waals surface area contributed by atoms with E-state index >= 15 is 0 Å². The van der Waals surface area contributed by atoms with Crippen molar-refractivity contribution in [3.63, 3.8) is 0 Å². The van der Waals surface area contributed by atoms with Crippen LogP contribution in [0.25, 0.3) is 10.9 Å². The van der Waals surface area contributed by atoms with Gasteiger partial charge in [0.15, 0.2) is 0 Å². The molecule has 0 radical (unpaired) electrons. The number of piperidine rings is 1. The summed E-state index contributed by atoms with van der Waals surface area (Å²) in [4.78, 5) is 24.7. The van der Waals surface area contributed by atoms with Gasteiger partial charge < -0.3 is 19.5 Å². The van der Waals surface area contributed by atoms with Crippen molar-refractivity contribution in [2.75, 3.05) is 13.1 Å². The highest BCUT2D eigenvalue weighted by Crippen LogP contribution is 2.28. The third-order valence-electron chi connectivity index (χ3n) is 4.87. The molecule has 1 N–H and O–H groups in total. The monoisotopic (exact) mass is 389 g/mol. The number of aromatic nitrogens is 2. The zero-order chi connectivity index (χ0) is 20.5. The van der Waals surface area contributed by atoms with Gasteiger partial charge >= 0.3 is 12.2 Å². The summed E-state index contributed by atoms with van der Waals surface area (Å²) in [7, 11) is 0. The van der Waals surface area contributed by atoms with Gasteiger partial charge in [0, 0.05) is 36.8 Å². The molecule has 0 unspecified atom stereocenters. The van der Waals surface area contributed by atoms with Gasteiger partial charge in [-0.15, -0.1) is 0 Å². The fraction of sp³-hybridized carbons (Fsp3) is 0.550. The Kier molecular flexibility index (Phi) is 5.49. The molecule has 1 fully saturated rings. The van der Waals surface area contributed by atoms with E-state index in [4.69, 9.17) is 14.6 Å². The van der Waals surface area contributed by atoms with Crippen molar-refractivity contribution in [2.24, 2.45) is 5.92 Å². The number of fused-ring (bicyclic) bond motifs is 1. The summed E-state index contributed by atoms with van der Waals surface area (Å²) in [6, 6.07) is 3.39. The standard InChI is InChI=1S/C20H27N3O5/c1-13-15-12-23(21-16(15)5-6-17(13)27-19(25)26)11-14-7-9-22(10-8-14)18(24)28-20(2,3)4/h5-6,12,14H,7-11H2,1-4H3,(H,25,26). The van der Waals surface area contributed by atoms with Crippen LogP contribution in [0.5, 0.6) is 5.75 Å². The minimum atomic E-state index is -1.33. The fourth-order valence-corrected chi connectivity index (χ4v) is 3.45. The summed E-state index contributed by atoms with van der Waals surface area (Å²) in [6.45, 7) is 9.54. The third kappa shape index (κ3) is 4.74. The number of benzene rings is 1. The zero-order valence-electron chi connectivity index (χ0n) is 16.8. The molecular weight excluding hydrogens is 362 g/mol. The van der Waals surface area contributed by atoms with Crippen LogP contribution in [0.1, 0.15) is 39.2 Å². The van der Waals surface area contributed by atoms with Crippen LogP contribution in [0.15, 0.2) is 18.3 Å². The molecule has 1 aromatic heterocycles. The van der Waals surface area contributed by atoms with Crippen molar-refractivity contribution in [3.05, 3.63) is 23.9 Å². The molecule has 0 spiro atoms. The average Bonchev–Trinajstić information content (AvgIpc) is 2.99. The number of carboxylic acid groups (broad SMARTS) is 1. The number of amides is 1. The molecule has 3 rings (SSSR count). The maximum atomic E-state index is 12.2. The van der Waals surface area contributed by atoms with Gasteiger partial charge in [-0.3, -0.25) is 4.68 Å². The largest absolute Gasteiger partial charge is 0.511 e. The van der Waals surface area contributed by atoms with Gasteiger partial charge in [-0.05, 0) is 58.6 Å². The van der Waals surface area contributed by atoms with Gasteiger partial charge in [0.2, 0.25) is 0 Å². The van der Waals surface area contributed by atoms with E-state index in [0.717, 1.165) is 35.9 Å². The van der Waals surface area contributed by atoms with E-state index in [1.807, 2.05) is 38.6 Å². The Hall–Kier alpha value is -2.77. The molecule has 0 saturated carbocycles. The van der Waals surface area contributed by atoms with E-state index in [9.17, 15) is 9.59 Å². The second kappa shape index (κ2) is 7.69. The Bertz CT molecular complexity index is 876. The molecule has 1 aliphatic rings. The number of carbonyl (C=O) groups is 2. The van der Waals surface area contributed by atoms with E-state index in [-0.39, 0.29) is 6.09 Å². The fourth-order valence-electron chi connectivity index (χ4n) is 3.45. The van der Waals surface area contributed by atoms with Gasteiger partial charge in [-0.25, -0.2) is 9.59 Å². The van der Waals surface area contributed by atoms with E-state index < -0.39 is 11.8 Å². The van der Waals surface area contributed by atoms with Crippen LogP contribution >= 0.6 is 0 Å². The number of rotatable bonds is 3. The molecule has 1 saturated heterocycles. The molecule has 8 heteroatoms. The molecule has 2 heterocycles. The number of nitrogens with zero attached hydrogens (tertiary/aromatic N) is 3. The Morgan fingerprint density at radius 3 is 2.54 bits per heavy atom. The zero-order valence-corrected chi connectivity index (χ0v) is 16.8. The Balaban J connectivity index is 1.62. The molecule has 152 valence electrons. The van der Waals surface area contributed by atoms with Gasteiger partial charge in [0.05, 0.1) is 5.52 Å². The summed E-state index contributed by atoms with van der Waals surface area (Å²) in [6.07, 6.45) is 2.13. The molecule has 2 aromatic rings. The van der Waals surface area contributed by atoms with Crippen LogP contribution in [-0.4, -0.2) is 50.7 Å². The van der Waals surface area contributed by atoms with Crippen molar-refractivity contribution >= 4 is 23.2 Å². The van der Waals surface area contributed by atoms with Crippen molar-refractivity contribution in [2.45, 2.75) is 52.7 Å². The van der Waals surface area contributed by atoms with Crippen LogP contribution in [-0.2, 0) is 11.3 Å². The van der Waals surface area contributed by atoms with Gasteiger partial charge in [-0.1, -0.05) is 0 Å². The molecule has 28 heavy (non-hydrogen) atoms. The van der Waals surface area contributed by atoms with Crippen molar-refractivity contribution < 1.29 is 24.2 Å². The topological polar surface area (TPSA) is 93.9 Å². The number of likely N-dealkylation sites (tertiary alicyclic amines) is 1. The molecule has 8 nitrogen and oxygen atoms in total. The summed E-state index contributed by atoms with van der Waals surface area (Å²) >= 11 is 0. The Morgan fingerprint density at radius 2 is 1.93 bits per heavy atom. The second-order valence-corrected chi connectivity index (χ2v) is 8.25. The van der Waals surface area contributed by atoms with E-state index in [2.05, 4.69) is 5.10 Å². The van der Waals surface area contributed by atoms with Crippen LogP contribution < -0.4 is 4.74 Å². The molecule has 1 aliphatic heterocycles. The Morgan fingerprint density at radius 1 is 1.25 bits per heavy atom. The minimum Gasteiger partial charge on any atom is -0.449 e. The van der Waals surface area contributed by atoms with E-state index in [0.29, 0.717) is 24.8 Å². The predicted octanol–water partition coefficient (Wildman–Crippen LogP) is 4.05. The van der Waals surface area contributed by atoms with Gasteiger partial charge in [0.1, 0.15) is 11.4 Å². The Labute approximate surface area is 164 Å². The summed E-state index contributed by atoms with van der Waals surface area (Å²) in [5.41, 5.74) is 1.08. The number of hydrogen-bond acceptors (Lipinski definition) is 5. The molecule has 0 bridgehead atoms.